The molecule has 1 amide bonds. The smallest absolute Gasteiger partial charge is 0.330 e. The molecular weight excluding hydrogens is 410 g/mol. The van der Waals surface area contributed by atoms with Crippen molar-refractivity contribution >= 4 is 17.4 Å². The molecule has 2 aromatic carbocycles. The number of nitrogens with two attached hydrogens (primary N) is 1. The number of rotatable bonds is 6. The fraction of sp³-hybridized carbons (Fsp3) is 0.190. The summed E-state index contributed by atoms with van der Waals surface area (Å²) in [5.74, 6) is -3.13. The minimum atomic E-state index is -1.16. The molecule has 0 bridgehead atoms. The van der Waals surface area contributed by atoms with Crippen LogP contribution in [-0.4, -0.2) is 28.6 Å². The van der Waals surface area contributed by atoms with Gasteiger partial charge in [0.15, 0.2) is 23.4 Å². The van der Waals surface area contributed by atoms with Crippen LogP contribution in [0.15, 0.2) is 58.1 Å². The van der Waals surface area contributed by atoms with Gasteiger partial charge < -0.3 is 15.4 Å². The number of likely N-dealkylation sites (N-methyl/N-ethyl adjacent to an activating group) is 1. The van der Waals surface area contributed by atoms with Crippen LogP contribution in [0.3, 0.4) is 0 Å². The number of ether oxygens (including phenoxy) is 1. The summed E-state index contributed by atoms with van der Waals surface area (Å²) in [5, 5.41) is 0. The molecule has 0 spiro atoms. The molecule has 1 atom stereocenters. The predicted molar refractivity (Wildman–Crippen MR) is 111 cm³/mol. The van der Waals surface area contributed by atoms with Gasteiger partial charge in [-0.05, 0) is 24.6 Å². The summed E-state index contributed by atoms with van der Waals surface area (Å²) in [6.45, 7) is 1.46. The van der Waals surface area contributed by atoms with Crippen LogP contribution in [0.25, 0.3) is 0 Å². The highest BCUT2D eigenvalue weighted by Gasteiger charge is 2.26. The van der Waals surface area contributed by atoms with E-state index < -0.39 is 34.9 Å². The third-order valence-corrected chi connectivity index (χ3v) is 4.62. The molecule has 0 saturated heterocycles. The van der Waals surface area contributed by atoms with E-state index in [4.69, 9.17) is 10.5 Å². The lowest BCUT2D eigenvalue weighted by Crippen LogP contribution is -2.43. The van der Waals surface area contributed by atoms with E-state index in [1.165, 1.54) is 20.0 Å². The molecule has 8 nitrogen and oxygen atoms in total. The lowest BCUT2D eigenvalue weighted by atomic mass is 10.2. The van der Waals surface area contributed by atoms with Crippen LogP contribution in [0, 0.1) is 11.6 Å². The van der Waals surface area contributed by atoms with E-state index in [0.717, 1.165) is 27.2 Å². The van der Waals surface area contributed by atoms with Crippen LogP contribution in [0.4, 0.5) is 20.3 Å². The molecule has 0 radical (unpaired) electrons. The number of halogens is 2. The van der Waals surface area contributed by atoms with Gasteiger partial charge in [-0.1, -0.05) is 30.3 Å². The summed E-state index contributed by atoms with van der Waals surface area (Å²) in [5.41, 5.74) is 5.04. The van der Waals surface area contributed by atoms with Crippen LogP contribution >= 0.6 is 0 Å². The molecule has 3 rings (SSSR count). The summed E-state index contributed by atoms with van der Waals surface area (Å²) in [6, 6.07) is 11.8. The zero-order valence-corrected chi connectivity index (χ0v) is 16.8. The van der Waals surface area contributed by atoms with Gasteiger partial charge in [0.25, 0.3) is 11.5 Å². The lowest BCUT2D eigenvalue weighted by Gasteiger charge is -2.23. The number of anilines is 2. The number of hydrogen-bond donors (Lipinski definition) is 2. The van der Waals surface area contributed by atoms with Gasteiger partial charge in [-0.25, -0.2) is 13.6 Å². The van der Waals surface area contributed by atoms with Crippen molar-refractivity contribution in [1.29, 1.82) is 0 Å². The third-order valence-electron chi connectivity index (χ3n) is 4.62. The largest absolute Gasteiger partial charge is 0.481 e. The number of nitrogens with one attached hydrogen (secondary N) is 1. The van der Waals surface area contributed by atoms with Crippen molar-refractivity contribution in [1.82, 2.24) is 9.55 Å². The Morgan fingerprint density at radius 1 is 1.16 bits per heavy atom. The van der Waals surface area contributed by atoms with Gasteiger partial charge in [-0.3, -0.25) is 19.1 Å². The number of carbonyl (C=O) groups excluding carboxylic acids is 1. The van der Waals surface area contributed by atoms with Gasteiger partial charge in [0.05, 0.1) is 6.54 Å². The third kappa shape index (κ3) is 4.63. The average Bonchev–Trinajstić information content (AvgIpc) is 2.73. The highest BCUT2D eigenvalue weighted by Crippen LogP contribution is 2.20. The Morgan fingerprint density at radius 2 is 1.84 bits per heavy atom. The zero-order chi connectivity index (χ0) is 22.7. The fourth-order valence-electron chi connectivity index (χ4n) is 3.01. The van der Waals surface area contributed by atoms with E-state index >= 15 is 0 Å². The fourth-order valence-corrected chi connectivity index (χ4v) is 3.01. The molecule has 1 unspecified atom stereocenters. The van der Waals surface area contributed by atoms with E-state index in [9.17, 15) is 23.2 Å². The summed E-state index contributed by atoms with van der Waals surface area (Å²) in [4.78, 5) is 40.6. The van der Waals surface area contributed by atoms with Gasteiger partial charge in [0.1, 0.15) is 11.6 Å². The summed E-state index contributed by atoms with van der Waals surface area (Å²) in [7, 11) is 1.30. The number of benzene rings is 2. The lowest BCUT2D eigenvalue weighted by molar-refractivity contribution is -0.124. The average molecular weight is 430 g/mol. The van der Waals surface area contributed by atoms with E-state index in [1.807, 2.05) is 6.07 Å². The Balaban J connectivity index is 1.89. The second kappa shape index (κ2) is 8.82. The number of amides is 1. The van der Waals surface area contributed by atoms with Crippen LogP contribution in [0.1, 0.15) is 12.5 Å². The zero-order valence-electron chi connectivity index (χ0n) is 16.8. The number of nitrogen functional groups attached to an aromatic ring is 1. The molecule has 1 aromatic heterocycles. The highest BCUT2D eigenvalue weighted by molar-refractivity contribution is 5.97. The maximum absolute atomic E-state index is 13.4. The molecule has 10 heteroatoms. The summed E-state index contributed by atoms with van der Waals surface area (Å²) < 4.78 is 33.0. The monoisotopic (exact) mass is 430 g/mol. The number of H-pyrrole nitrogens is 1. The topological polar surface area (TPSA) is 110 Å². The minimum absolute atomic E-state index is 0.0657. The number of aromatic nitrogens is 2. The SMILES string of the molecule is CC(Oc1ccc(F)c(F)c1)C(=O)N(C)c1c(N)n(Cc2ccccc2)c(=O)[nH]c1=O. The normalized spacial score (nSPS) is 11.7. The molecule has 162 valence electrons. The van der Waals surface area contributed by atoms with Crippen LogP contribution in [0.5, 0.6) is 5.75 Å². The van der Waals surface area contributed by atoms with Gasteiger partial charge in [-0.15, -0.1) is 0 Å². The maximum atomic E-state index is 13.4. The molecule has 0 saturated carbocycles. The minimum Gasteiger partial charge on any atom is -0.481 e. The van der Waals surface area contributed by atoms with Crippen molar-refractivity contribution in [2.24, 2.45) is 0 Å². The molecule has 0 aliphatic heterocycles. The standard InChI is InChI=1S/C21H20F2N4O4/c1-12(31-14-8-9-15(22)16(23)10-14)20(29)26(2)17-18(24)27(21(30)25-19(17)28)11-13-6-4-3-5-7-13/h3-10,12H,11,24H2,1-2H3,(H,25,28,30). The molecule has 1 heterocycles. The molecular formula is C21H20F2N4O4. The number of hydrogen-bond acceptors (Lipinski definition) is 5. The van der Waals surface area contributed by atoms with Crippen molar-refractivity contribution in [3.05, 3.63) is 86.6 Å². The molecule has 0 fully saturated rings. The van der Waals surface area contributed by atoms with Crippen LogP contribution < -0.4 is 26.6 Å². The van der Waals surface area contributed by atoms with Crippen molar-refractivity contribution in [2.45, 2.75) is 19.6 Å². The maximum Gasteiger partial charge on any atom is 0.330 e. The second-order valence-electron chi connectivity index (χ2n) is 6.80. The molecule has 3 aromatic rings. The Labute approximate surface area is 175 Å². The molecule has 0 aliphatic rings. The van der Waals surface area contributed by atoms with Crippen molar-refractivity contribution in [2.75, 3.05) is 17.7 Å². The van der Waals surface area contributed by atoms with Gasteiger partial charge in [0, 0.05) is 13.1 Å². The second-order valence-corrected chi connectivity index (χ2v) is 6.80. The van der Waals surface area contributed by atoms with Crippen LogP contribution in [-0.2, 0) is 11.3 Å². The first-order chi connectivity index (χ1) is 14.7. The predicted octanol–water partition coefficient (Wildman–Crippen LogP) is 1.88. The number of nitrogens with zero attached hydrogens (tertiary/aromatic N) is 2. The van der Waals surface area contributed by atoms with Crippen molar-refractivity contribution < 1.29 is 18.3 Å². The quantitative estimate of drug-likeness (QED) is 0.621. The van der Waals surface area contributed by atoms with E-state index in [2.05, 4.69) is 4.98 Å². The first kappa shape index (κ1) is 21.8. The number of aromatic amines is 1. The highest BCUT2D eigenvalue weighted by atomic mass is 19.2. The Hall–Kier alpha value is -3.95. The molecule has 3 N–H and O–H groups in total. The van der Waals surface area contributed by atoms with E-state index in [1.54, 1.807) is 24.3 Å². The van der Waals surface area contributed by atoms with Crippen molar-refractivity contribution in [3.63, 3.8) is 0 Å². The number of carbonyl (C=O) groups is 1. The Kier molecular flexibility index (Phi) is 6.19. The van der Waals surface area contributed by atoms with E-state index in [0.29, 0.717) is 0 Å². The first-order valence-electron chi connectivity index (χ1n) is 9.25. The summed E-state index contributed by atoms with van der Waals surface area (Å²) in [6.07, 6.45) is -1.16. The molecule has 0 aliphatic carbocycles. The Morgan fingerprint density at radius 3 is 2.48 bits per heavy atom. The van der Waals surface area contributed by atoms with Crippen molar-refractivity contribution in [3.8, 4) is 5.75 Å². The van der Waals surface area contributed by atoms with Crippen LogP contribution in [0.2, 0.25) is 0 Å². The van der Waals surface area contributed by atoms with Gasteiger partial charge in [-0.2, -0.15) is 0 Å². The van der Waals surface area contributed by atoms with Gasteiger partial charge >= 0.3 is 5.69 Å². The summed E-state index contributed by atoms with van der Waals surface area (Å²) >= 11 is 0. The Bertz CT molecular complexity index is 1220. The molecule has 31 heavy (non-hydrogen) atoms. The van der Waals surface area contributed by atoms with E-state index in [-0.39, 0.29) is 23.8 Å². The van der Waals surface area contributed by atoms with Gasteiger partial charge in [0.2, 0.25) is 0 Å². The first-order valence-corrected chi connectivity index (χ1v) is 9.25.